The summed E-state index contributed by atoms with van der Waals surface area (Å²) in [5, 5.41) is 0.464. The lowest BCUT2D eigenvalue weighted by molar-refractivity contribution is -0.0515. The first-order valence-electron chi connectivity index (χ1n) is 11.5. The Kier molecular flexibility index (Phi) is 8.91. The predicted molar refractivity (Wildman–Crippen MR) is 138 cm³/mol. The van der Waals surface area contributed by atoms with E-state index in [1.807, 2.05) is 0 Å². The second kappa shape index (κ2) is 12.3. The third kappa shape index (κ3) is 6.85. The van der Waals surface area contributed by atoms with Gasteiger partial charge in [-0.2, -0.15) is 8.78 Å². The summed E-state index contributed by atoms with van der Waals surface area (Å²) in [6.07, 6.45) is 6.28. The van der Waals surface area contributed by atoms with Gasteiger partial charge >= 0.3 is 12.6 Å². The highest BCUT2D eigenvalue weighted by Crippen LogP contribution is 2.36. The number of esters is 1. The minimum atomic E-state index is -3.05. The lowest BCUT2D eigenvalue weighted by Gasteiger charge is -2.15. The monoisotopic (exact) mass is 565 g/mol. The van der Waals surface area contributed by atoms with Crippen LogP contribution in [0.25, 0.3) is 11.8 Å². The van der Waals surface area contributed by atoms with Crippen LogP contribution in [-0.2, 0) is 4.74 Å². The van der Waals surface area contributed by atoms with Gasteiger partial charge in [-0.3, -0.25) is 4.98 Å². The highest BCUT2D eigenvalue weighted by atomic mass is 35.5. The molecule has 0 saturated heterocycles. The zero-order valence-corrected chi connectivity index (χ0v) is 21.9. The summed E-state index contributed by atoms with van der Waals surface area (Å²) in [6.45, 7) is -2.72. The number of methoxy groups -OCH3 is 2. The first kappa shape index (κ1) is 27.5. The van der Waals surface area contributed by atoms with Crippen molar-refractivity contribution in [3.05, 3.63) is 75.5 Å². The van der Waals surface area contributed by atoms with Crippen LogP contribution in [0.3, 0.4) is 0 Å². The molecule has 0 N–H and O–H groups in total. The van der Waals surface area contributed by atoms with E-state index in [-0.39, 0.29) is 32.9 Å². The van der Waals surface area contributed by atoms with Gasteiger partial charge in [0.25, 0.3) is 0 Å². The van der Waals surface area contributed by atoms with E-state index in [1.165, 1.54) is 50.9 Å². The number of halogens is 4. The van der Waals surface area contributed by atoms with Crippen molar-refractivity contribution < 1.29 is 37.3 Å². The van der Waals surface area contributed by atoms with Crippen molar-refractivity contribution in [3.8, 4) is 23.0 Å². The quantitative estimate of drug-likeness (QED) is 0.180. The van der Waals surface area contributed by atoms with Crippen LogP contribution in [0.1, 0.15) is 34.3 Å². The predicted octanol–water partition coefficient (Wildman–Crippen LogP) is 7.15. The maximum Gasteiger partial charge on any atom is 0.387 e. The van der Waals surface area contributed by atoms with Crippen molar-refractivity contribution in [1.29, 1.82) is 0 Å². The summed E-state index contributed by atoms with van der Waals surface area (Å²) in [4.78, 5) is 17.2. The van der Waals surface area contributed by atoms with Crippen LogP contribution in [0.2, 0.25) is 10.0 Å². The number of nitrogens with zero attached hydrogens (tertiary/aromatic N) is 1. The summed E-state index contributed by atoms with van der Waals surface area (Å²) in [5.74, 6) is 0.342. The normalized spacial score (nSPS) is 13.3. The molecular weight excluding hydrogens is 543 g/mol. The molecule has 3 aromatic rings. The van der Waals surface area contributed by atoms with Crippen molar-refractivity contribution in [2.24, 2.45) is 5.92 Å². The molecule has 4 rings (SSSR count). The number of rotatable bonds is 11. The van der Waals surface area contributed by atoms with E-state index in [0.29, 0.717) is 35.2 Å². The minimum absolute atomic E-state index is 0.0171. The van der Waals surface area contributed by atoms with Gasteiger partial charge in [0, 0.05) is 23.5 Å². The van der Waals surface area contributed by atoms with Crippen LogP contribution in [-0.4, -0.2) is 38.4 Å². The highest BCUT2D eigenvalue weighted by Gasteiger charge is 2.24. The van der Waals surface area contributed by atoms with Crippen LogP contribution in [0.15, 0.2) is 48.8 Å². The number of benzene rings is 2. The molecule has 0 radical (unpaired) electrons. The van der Waals surface area contributed by atoms with Crippen LogP contribution in [0.5, 0.6) is 23.0 Å². The van der Waals surface area contributed by atoms with Gasteiger partial charge in [-0.1, -0.05) is 23.2 Å². The van der Waals surface area contributed by atoms with E-state index in [4.69, 9.17) is 42.1 Å². The number of pyridine rings is 1. The topological polar surface area (TPSA) is 76.1 Å². The van der Waals surface area contributed by atoms with Gasteiger partial charge in [-0.25, -0.2) is 4.79 Å². The fourth-order valence-corrected chi connectivity index (χ4v) is 3.92. The Balaban J connectivity index is 1.70. The Hall–Kier alpha value is -3.56. The van der Waals surface area contributed by atoms with Crippen LogP contribution in [0.4, 0.5) is 8.78 Å². The summed E-state index contributed by atoms with van der Waals surface area (Å²) in [5.41, 5.74) is 0.869. The van der Waals surface area contributed by atoms with E-state index in [9.17, 15) is 13.6 Å². The standard InChI is InChI=1S/C27H23Cl2F2NO6/c1-34-21-7-5-16(9-24(21)35-2)23(11-18-19(28)12-32-13-20(18)29)37-26(33)17-6-8-22(38-27(30)31)25(10-17)36-14-15-3-4-15/h5-13,15,27H,3-4,14H2,1-2H3. The molecule has 1 fully saturated rings. The zero-order valence-electron chi connectivity index (χ0n) is 20.4. The van der Waals surface area contributed by atoms with E-state index >= 15 is 0 Å². The molecule has 0 amide bonds. The third-order valence-electron chi connectivity index (χ3n) is 5.60. The number of hydrogen-bond acceptors (Lipinski definition) is 7. The fraction of sp³-hybridized carbons (Fsp3) is 0.259. The van der Waals surface area contributed by atoms with Crippen molar-refractivity contribution in [3.63, 3.8) is 0 Å². The average molecular weight is 566 g/mol. The second-order valence-corrected chi connectivity index (χ2v) is 9.09. The molecule has 1 aliphatic carbocycles. The Labute approximate surface area is 227 Å². The Bertz CT molecular complexity index is 1330. The summed E-state index contributed by atoms with van der Waals surface area (Å²) in [7, 11) is 2.97. The lowest BCUT2D eigenvalue weighted by Crippen LogP contribution is -2.09. The molecule has 1 saturated carbocycles. The van der Waals surface area contributed by atoms with Gasteiger partial charge in [0.05, 0.1) is 36.4 Å². The second-order valence-electron chi connectivity index (χ2n) is 8.28. The van der Waals surface area contributed by atoms with Crippen molar-refractivity contribution in [1.82, 2.24) is 4.98 Å². The highest BCUT2D eigenvalue weighted by molar-refractivity contribution is 6.37. The summed E-state index contributed by atoms with van der Waals surface area (Å²) < 4.78 is 52.5. The first-order valence-corrected chi connectivity index (χ1v) is 12.2. The smallest absolute Gasteiger partial charge is 0.387 e. The van der Waals surface area contributed by atoms with Gasteiger partial charge in [0.15, 0.2) is 23.0 Å². The molecule has 0 aliphatic heterocycles. The van der Waals surface area contributed by atoms with Crippen LogP contribution < -0.4 is 18.9 Å². The molecule has 200 valence electrons. The molecule has 1 heterocycles. The molecule has 0 bridgehead atoms. The number of alkyl halides is 2. The summed E-state index contributed by atoms with van der Waals surface area (Å²) >= 11 is 12.6. The molecule has 0 unspecified atom stereocenters. The van der Waals surface area contributed by atoms with E-state index in [1.54, 1.807) is 18.2 Å². The third-order valence-corrected chi connectivity index (χ3v) is 6.21. The molecular formula is C27H23Cl2F2NO6. The van der Waals surface area contributed by atoms with Crippen molar-refractivity contribution in [2.75, 3.05) is 20.8 Å². The molecule has 2 aromatic carbocycles. The number of carbonyl (C=O) groups is 1. The zero-order chi connectivity index (χ0) is 27.2. The lowest BCUT2D eigenvalue weighted by atomic mass is 10.1. The first-order chi connectivity index (χ1) is 18.3. The van der Waals surface area contributed by atoms with Gasteiger partial charge in [-0.05, 0) is 61.2 Å². The molecule has 0 spiro atoms. The molecule has 1 aliphatic rings. The Morgan fingerprint density at radius 2 is 1.61 bits per heavy atom. The van der Waals surface area contributed by atoms with Crippen LogP contribution in [0, 0.1) is 5.92 Å². The Morgan fingerprint density at radius 3 is 2.24 bits per heavy atom. The SMILES string of the molecule is COc1ccc(C(=Cc2c(Cl)cncc2Cl)OC(=O)c2ccc(OC(F)F)c(OCC3CC3)c2)cc1OC. The molecule has 0 atom stereocenters. The largest absolute Gasteiger partial charge is 0.493 e. The maximum absolute atomic E-state index is 13.3. The molecule has 7 nitrogen and oxygen atoms in total. The molecule has 1 aromatic heterocycles. The van der Waals surface area contributed by atoms with Gasteiger partial charge in [-0.15, -0.1) is 0 Å². The summed E-state index contributed by atoms with van der Waals surface area (Å²) in [6, 6.07) is 8.77. The van der Waals surface area contributed by atoms with E-state index in [2.05, 4.69) is 9.72 Å². The molecule has 38 heavy (non-hydrogen) atoms. The van der Waals surface area contributed by atoms with Crippen molar-refractivity contribution in [2.45, 2.75) is 19.5 Å². The van der Waals surface area contributed by atoms with E-state index in [0.717, 1.165) is 12.8 Å². The van der Waals surface area contributed by atoms with Gasteiger partial charge < -0.3 is 23.7 Å². The van der Waals surface area contributed by atoms with Crippen LogP contribution >= 0.6 is 23.2 Å². The number of ether oxygens (including phenoxy) is 5. The Morgan fingerprint density at radius 1 is 0.974 bits per heavy atom. The van der Waals surface area contributed by atoms with Crippen molar-refractivity contribution >= 4 is 41.0 Å². The molecule has 11 heteroatoms. The number of hydrogen-bond donors (Lipinski definition) is 0. The van der Waals surface area contributed by atoms with Gasteiger partial charge in [0.1, 0.15) is 5.76 Å². The maximum atomic E-state index is 13.3. The fourth-order valence-electron chi connectivity index (χ4n) is 3.44. The minimum Gasteiger partial charge on any atom is -0.493 e. The number of carbonyl (C=O) groups excluding carboxylic acids is 1. The number of aromatic nitrogens is 1. The average Bonchev–Trinajstić information content (AvgIpc) is 3.73. The van der Waals surface area contributed by atoms with Gasteiger partial charge in [0.2, 0.25) is 0 Å². The van der Waals surface area contributed by atoms with E-state index < -0.39 is 12.6 Å².